The topological polar surface area (TPSA) is 70.8 Å². The summed E-state index contributed by atoms with van der Waals surface area (Å²) in [6, 6.07) is 4.79. The molecule has 1 aromatic heterocycles. The SMILES string of the molecule is NCC1CCCN(c2n[nH]c(-c3ccc(F)c(Br)c3)n2)C1. The molecule has 0 bridgehead atoms. The van der Waals surface area contributed by atoms with Gasteiger partial charge < -0.3 is 10.6 Å². The smallest absolute Gasteiger partial charge is 0.245 e. The summed E-state index contributed by atoms with van der Waals surface area (Å²) in [5.41, 5.74) is 6.55. The highest BCUT2D eigenvalue weighted by Crippen LogP contribution is 2.25. The Kier molecular flexibility index (Phi) is 4.21. The van der Waals surface area contributed by atoms with Crippen molar-refractivity contribution in [2.24, 2.45) is 11.7 Å². The number of halogens is 2. The van der Waals surface area contributed by atoms with Crippen LogP contribution >= 0.6 is 15.9 Å². The lowest BCUT2D eigenvalue weighted by Crippen LogP contribution is -2.38. The van der Waals surface area contributed by atoms with Gasteiger partial charge in [0.2, 0.25) is 5.95 Å². The molecule has 0 radical (unpaired) electrons. The minimum absolute atomic E-state index is 0.291. The van der Waals surface area contributed by atoms with E-state index in [0.29, 0.717) is 28.7 Å². The monoisotopic (exact) mass is 353 g/mol. The van der Waals surface area contributed by atoms with Crippen LogP contribution in [0.15, 0.2) is 22.7 Å². The minimum atomic E-state index is -0.291. The molecule has 1 atom stereocenters. The van der Waals surface area contributed by atoms with E-state index in [-0.39, 0.29) is 5.82 Å². The maximum absolute atomic E-state index is 13.3. The summed E-state index contributed by atoms with van der Waals surface area (Å²) in [6.07, 6.45) is 2.27. The van der Waals surface area contributed by atoms with Crippen LogP contribution in [-0.4, -0.2) is 34.8 Å². The predicted octanol–water partition coefficient (Wildman–Crippen LogP) is 2.55. The van der Waals surface area contributed by atoms with Crippen molar-refractivity contribution in [3.63, 3.8) is 0 Å². The van der Waals surface area contributed by atoms with Crippen molar-refractivity contribution in [2.45, 2.75) is 12.8 Å². The van der Waals surface area contributed by atoms with Crippen molar-refractivity contribution in [2.75, 3.05) is 24.5 Å². The molecule has 0 spiro atoms. The number of rotatable bonds is 3. The van der Waals surface area contributed by atoms with Crippen LogP contribution in [0.4, 0.5) is 10.3 Å². The van der Waals surface area contributed by atoms with Gasteiger partial charge in [0.1, 0.15) is 5.82 Å². The number of nitrogens with one attached hydrogen (secondary N) is 1. The number of piperidine rings is 1. The Morgan fingerprint density at radius 1 is 1.48 bits per heavy atom. The zero-order valence-electron chi connectivity index (χ0n) is 11.5. The third kappa shape index (κ3) is 3.08. The van der Waals surface area contributed by atoms with Gasteiger partial charge in [0, 0.05) is 18.7 Å². The van der Waals surface area contributed by atoms with E-state index in [9.17, 15) is 4.39 Å². The fraction of sp³-hybridized carbons (Fsp3) is 0.429. The van der Waals surface area contributed by atoms with Crippen LogP contribution in [0.2, 0.25) is 0 Å². The number of nitrogens with two attached hydrogens (primary N) is 1. The van der Waals surface area contributed by atoms with Gasteiger partial charge in [-0.2, -0.15) is 4.98 Å². The number of aromatic nitrogens is 3. The summed E-state index contributed by atoms with van der Waals surface area (Å²) in [4.78, 5) is 6.67. The lowest BCUT2D eigenvalue weighted by atomic mass is 9.99. The second-order valence-electron chi connectivity index (χ2n) is 5.30. The van der Waals surface area contributed by atoms with Crippen molar-refractivity contribution in [3.8, 4) is 11.4 Å². The van der Waals surface area contributed by atoms with Crippen LogP contribution in [0, 0.1) is 11.7 Å². The third-order valence-corrected chi connectivity index (χ3v) is 4.41. The van der Waals surface area contributed by atoms with E-state index < -0.39 is 0 Å². The van der Waals surface area contributed by atoms with Crippen LogP contribution < -0.4 is 10.6 Å². The summed E-state index contributed by atoms with van der Waals surface area (Å²) in [5.74, 6) is 1.53. The highest BCUT2D eigenvalue weighted by Gasteiger charge is 2.22. The van der Waals surface area contributed by atoms with Gasteiger partial charge in [0.25, 0.3) is 0 Å². The summed E-state index contributed by atoms with van der Waals surface area (Å²) in [6.45, 7) is 2.53. The fourth-order valence-electron chi connectivity index (χ4n) is 2.61. The van der Waals surface area contributed by atoms with Crippen molar-refractivity contribution < 1.29 is 4.39 Å². The van der Waals surface area contributed by atoms with E-state index in [0.717, 1.165) is 31.5 Å². The van der Waals surface area contributed by atoms with Gasteiger partial charge in [-0.3, -0.25) is 5.10 Å². The van der Waals surface area contributed by atoms with Gasteiger partial charge in [-0.05, 0) is 59.4 Å². The Hall–Kier alpha value is -1.47. The first-order valence-electron chi connectivity index (χ1n) is 7.00. The molecule has 7 heteroatoms. The van der Waals surface area contributed by atoms with E-state index in [1.54, 1.807) is 12.1 Å². The number of hydrogen-bond donors (Lipinski definition) is 2. The zero-order valence-corrected chi connectivity index (χ0v) is 13.1. The van der Waals surface area contributed by atoms with Gasteiger partial charge in [0.05, 0.1) is 4.47 Å². The molecule has 1 saturated heterocycles. The van der Waals surface area contributed by atoms with Crippen LogP contribution in [0.5, 0.6) is 0 Å². The normalized spacial score (nSPS) is 19.0. The van der Waals surface area contributed by atoms with Crippen molar-refractivity contribution in [1.82, 2.24) is 15.2 Å². The molecule has 21 heavy (non-hydrogen) atoms. The maximum Gasteiger partial charge on any atom is 0.245 e. The Morgan fingerprint density at radius 3 is 3.10 bits per heavy atom. The largest absolute Gasteiger partial charge is 0.339 e. The molecule has 0 amide bonds. The number of nitrogens with zero attached hydrogens (tertiary/aromatic N) is 3. The number of anilines is 1. The van der Waals surface area contributed by atoms with Gasteiger partial charge in [-0.25, -0.2) is 4.39 Å². The average Bonchev–Trinajstić information content (AvgIpc) is 3.00. The lowest BCUT2D eigenvalue weighted by Gasteiger charge is -2.31. The first-order chi connectivity index (χ1) is 10.2. The molecule has 0 aliphatic carbocycles. The predicted molar refractivity (Wildman–Crippen MR) is 83.5 cm³/mol. The fourth-order valence-corrected chi connectivity index (χ4v) is 2.98. The number of hydrogen-bond acceptors (Lipinski definition) is 4. The number of benzene rings is 1. The molecule has 1 unspecified atom stereocenters. The Bertz CT molecular complexity index is 630. The van der Waals surface area contributed by atoms with Gasteiger partial charge in [-0.1, -0.05) is 0 Å². The second-order valence-corrected chi connectivity index (χ2v) is 6.16. The molecule has 112 valence electrons. The molecule has 1 aromatic carbocycles. The van der Waals surface area contributed by atoms with Crippen molar-refractivity contribution in [3.05, 3.63) is 28.5 Å². The van der Waals surface area contributed by atoms with Crippen molar-refractivity contribution >= 4 is 21.9 Å². The van der Waals surface area contributed by atoms with Crippen LogP contribution in [-0.2, 0) is 0 Å². The summed E-state index contributed by atoms with van der Waals surface area (Å²) in [5, 5.41) is 7.20. The first kappa shape index (κ1) is 14.5. The Labute approximate surface area is 130 Å². The minimum Gasteiger partial charge on any atom is -0.339 e. The second kappa shape index (κ2) is 6.11. The zero-order chi connectivity index (χ0) is 14.8. The molecular formula is C14H17BrFN5. The first-order valence-corrected chi connectivity index (χ1v) is 7.79. The van der Waals surface area contributed by atoms with E-state index >= 15 is 0 Å². The molecule has 1 aliphatic rings. The molecule has 3 N–H and O–H groups in total. The molecule has 2 heterocycles. The molecule has 2 aromatic rings. The Balaban J connectivity index is 1.81. The summed E-state index contributed by atoms with van der Waals surface area (Å²) in [7, 11) is 0. The molecule has 0 saturated carbocycles. The quantitative estimate of drug-likeness (QED) is 0.889. The molecule has 1 aliphatic heterocycles. The molecular weight excluding hydrogens is 337 g/mol. The summed E-state index contributed by atoms with van der Waals surface area (Å²) >= 11 is 3.18. The van der Waals surface area contributed by atoms with Crippen molar-refractivity contribution in [1.29, 1.82) is 0 Å². The third-order valence-electron chi connectivity index (χ3n) is 3.80. The van der Waals surface area contributed by atoms with E-state index in [1.165, 1.54) is 6.07 Å². The summed E-state index contributed by atoms with van der Waals surface area (Å²) < 4.78 is 13.7. The van der Waals surface area contributed by atoms with E-state index in [1.807, 2.05) is 0 Å². The van der Waals surface area contributed by atoms with Crippen LogP contribution in [0.3, 0.4) is 0 Å². The molecule has 5 nitrogen and oxygen atoms in total. The van der Waals surface area contributed by atoms with E-state index in [2.05, 4.69) is 36.0 Å². The standard InChI is InChI=1S/C14H17BrFN5/c15-11-6-10(3-4-12(11)16)13-18-14(20-19-13)21-5-1-2-9(7-17)8-21/h3-4,6,9H,1-2,5,7-8,17H2,(H,18,19,20). The van der Waals surface area contributed by atoms with Gasteiger partial charge in [0.15, 0.2) is 5.82 Å². The van der Waals surface area contributed by atoms with Crippen LogP contribution in [0.25, 0.3) is 11.4 Å². The van der Waals surface area contributed by atoms with Gasteiger partial charge >= 0.3 is 0 Å². The lowest BCUT2D eigenvalue weighted by molar-refractivity contribution is 0.420. The molecule has 3 rings (SSSR count). The van der Waals surface area contributed by atoms with Crippen LogP contribution in [0.1, 0.15) is 12.8 Å². The number of H-pyrrole nitrogens is 1. The highest BCUT2D eigenvalue weighted by atomic mass is 79.9. The average molecular weight is 354 g/mol. The van der Waals surface area contributed by atoms with E-state index in [4.69, 9.17) is 5.73 Å². The van der Waals surface area contributed by atoms with Gasteiger partial charge in [-0.15, -0.1) is 5.10 Å². The Morgan fingerprint density at radius 2 is 2.33 bits per heavy atom. The number of aromatic amines is 1. The highest BCUT2D eigenvalue weighted by molar-refractivity contribution is 9.10. The maximum atomic E-state index is 13.3. The molecule has 1 fully saturated rings.